The summed E-state index contributed by atoms with van der Waals surface area (Å²) in [6.07, 6.45) is 1.21. The number of rotatable bonds is 4. The Kier molecular flexibility index (Phi) is 5.09. The van der Waals surface area contributed by atoms with Crippen molar-refractivity contribution in [2.45, 2.75) is 26.9 Å². The van der Waals surface area contributed by atoms with E-state index in [4.69, 9.17) is 4.74 Å². The first-order valence-corrected chi connectivity index (χ1v) is 9.16. The molecule has 3 aromatic rings. The van der Waals surface area contributed by atoms with Crippen LogP contribution >= 0.6 is 11.3 Å². The second-order valence-electron chi connectivity index (χ2n) is 6.39. The van der Waals surface area contributed by atoms with Crippen LogP contribution in [0.15, 0.2) is 35.4 Å². The highest BCUT2D eigenvalue weighted by Gasteiger charge is 2.19. The number of carbonyl (C=O) groups excluding carboxylic acids is 2. The predicted octanol–water partition coefficient (Wildman–Crippen LogP) is 3.12. The highest BCUT2D eigenvalue weighted by Crippen LogP contribution is 2.27. The van der Waals surface area contributed by atoms with Crippen molar-refractivity contribution in [1.82, 2.24) is 9.55 Å². The average Bonchev–Trinajstić information content (AvgIpc) is 2.95. The third kappa shape index (κ3) is 3.75. The molecular formula is C19H19N3O4S. The maximum absolute atomic E-state index is 12.7. The van der Waals surface area contributed by atoms with E-state index in [0.717, 1.165) is 11.3 Å². The number of amides is 1. The first-order chi connectivity index (χ1) is 12.8. The lowest BCUT2D eigenvalue weighted by molar-refractivity contribution is 0.0377. The molecule has 1 N–H and O–H groups in total. The molecule has 0 aliphatic carbocycles. The minimum Gasteiger partial charge on any atom is -0.459 e. The summed E-state index contributed by atoms with van der Waals surface area (Å²) in [5.74, 6) is -0.807. The fourth-order valence-electron chi connectivity index (χ4n) is 2.62. The number of hydrogen-bond donors (Lipinski definition) is 1. The van der Waals surface area contributed by atoms with Crippen LogP contribution in [0.4, 0.5) is 5.69 Å². The smallest absolute Gasteiger partial charge is 0.338 e. The second-order valence-corrected chi connectivity index (χ2v) is 7.39. The van der Waals surface area contributed by atoms with Gasteiger partial charge in [-0.2, -0.15) is 0 Å². The Labute approximate surface area is 159 Å². The number of ether oxygens (including phenoxy) is 1. The number of hydrogen-bond acceptors (Lipinski definition) is 6. The molecule has 27 heavy (non-hydrogen) atoms. The van der Waals surface area contributed by atoms with Gasteiger partial charge >= 0.3 is 5.97 Å². The first kappa shape index (κ1) is 18.8. The zero-order chi connectivity index (χ0) is 19.7. The average molecular weight is 385 g/mol. The summed E-state index contributed by atoms with van der Waals surface area (Å²) in [5.41, 5.74) is 1.23. The van der Waals surface area contributed by atoms with E-state index >= 15 is 0 Å². The molecule has 0 saturated carbocycles. The molecule has 0 aliphatic rings. The minimum atomic E-state index is -0.452. The van der Waals surface area contributed by atoms with Crippen LogP contribution < -0.4 is 10.9 Å². The van der Waals surface area contributed by atoms with Gasteiger partial charge in [0.2, 0.25) is 0 Å². The van der Waals surface area contributed by atoms with Gasteiger partial charge in [-0.15, -0.1) is 11.3 Å². The number of aromatic nitrogens is 2. The van der Waals surface area contributed by atoms with Gasteiger partial charge in [-0.3, -0.25) is 9.59 Å². The van der Waals surface area contributed by atoms with Crippen molar-refractivity contribution in [2.75, 3.05) is 5.32 Å². The Bertz CT molecular complexity index is 1100. The molecule has 0 fully saturated rings. The third-order valence-corrected chi connectivity index (χ3v) is 5.11. The molecule has 2 heterocycles. The van der Waals surface area contributed by atoms with Crippen LogP contribution in [-0.2, 0) is 11.8 Å². The Balaban J connectivity index is 1.89. The number of nitrogens with one attached hydrogen (secondary N) is 1. The predicted molar refractivity (Wildman–Crippen MR) is 105 cm³/mol. The van der Waals surface area contributed by atoms with Crippen molar-refractivity contribution >= 4 is 39.1 Å². The zero-order valence-electron chi connectivity index (χ0n) is 15.4. The molecule has 8 heteroatoms. The number of nitrogens with zero attached hydrogens (tertiary/aromatic N) is 2. The lowest BCUT2D eigenvalue weighted by Crippen LogP contribution is -2.17. The summed E-state index contributed by atoms with van der Waals surface area (Å²) < 4.78 is 6.55. The van der Waals surface area contributed by atoms with Crippen molar-refractivity contribution in [2.24, 2.45) is 7.05 Å². The molecule has 0 saturated heterocycles. The largest absolute Gasteiger partial charge is 0.459 e. The van der Waals surface area contributed by atoms with Gasteiger partial charge in [-0.25, -0.2) is 9.78 Å². The number of carbonyl (C=O) groups is 2. The van der Waals surface area contributed by atoms with Crippen molar-refractivity contribution in [3.05, 3.63) is 57.0 Å². The summed E-state index contributed by atoms with van der Waals surface area (Å²) in [6, 6.07) is 6.53. The molecule has 0 bridgehead atoms. The lowest BCUT2D eigenvalue weighted by Gasteiger charge is -2.09. The van der Waals surface area contributed by atoms with E-state index in [-0.39, 0.29) is 17.6 Å². The summed E-state index contributed by atoms with van der Waals surface area (Å²) in [6.45, 7) is 5.27. The van der Waals surface area contributed by atoms with Crippen LogP contribution in [0.2, 0.25) is 0 Å². The van der Waals surface area contributed by atoms with Gasteiger partial charge in [0.25, 0.3) is 11.5 Å². The topological polar surface area (TPSA) is 90.3 Å². The van der Waals surface area contributed by atoms with Crippen molar-refractivity contribution in [1.29, 1.82) is 0 Å². The minimum absolute atomic E-state index is 0.189. The van der Waals surface area contributed by atoms with E-state index in [1.165, 1.54) is 10.9 Å². The van der Waals surface area contributed by atoms with Crippen molar-refractivity contribution in [3.63, 3.8) is 0 Å². The lowest BCUT2D eigenvalue weighted by atomic mass is 10.2. The normalized spacial score (nSPS) is 11.0. The summed E-state index contributed by atoms with van der Waals surface area (Å²) in [5, 5.41) is 3.22. The van der Waals surface area contributed by atoms with E-state index in [2.05, 4.69) is 10.3 Å². The highest BCUT2D eigenvalue weighted by molar-refractivity contribution is 7.20. The van der Waals surface area contributed by atoms with Gasteiger partial charge in [0.05, 0.1) is 28.3 Å². The van der Waals surface area contributed by atoms with Crippen molar-refractivity contribution in [3.8, 4) is 0 Å². The van der Waals surface area contributed by atoms with E-state index < -0.39 is 5.97 Å². The molecule has 1 aromatic carbocycles. The summed E-state index contributed by atoms with van der Waals surface area (Å²) >= 11 is 1.16. The maximum Gasteiger partial charge on any atom is 0.338 e. The zero-order valence-corrected chi connectivity index (χ0v) is 16.2. The molecule has 1 amide bonds. The van der Waals surface area contributed by atoms with Gasteiger partial charge in [-0.1, -0.05) is 6.07 Å². The molecule has 3 rings (SSSR count). The maximum atomic E-state index is 12.7. The first-order valence-electron chi connectivity index (χ1n) is 8.35. The fourth-order valence-corrected chi connectivity index (χ4v) is 3.65. The Morgan fingerprint density at radius 2 is 2.04 bits per heavy atom. The fraction of sp³-hybridized carbons (Fsp3) is 0.263. The van der Waals surface area contributed by atoms with Crippen LogP contribution in [0.3, 0.4) is 0 Å². The monoisotopic (exact) mass is 385 g/mol. The van der Waals surface area contributed by atoms with Gasteiger partial charge in [0.15, 0.2) is 0 Å². The Hall–Kier alpha value is -3.00. The van der Waals surface area contributed by atoms with Crippen LogP contribution in [0, 0.1) is 6.92 Å². The van der Waals surface area contributed by atoms with Crippen LogP contribution in [0.25, 0.3) is 10.2 Å². The molecule has 2 aromatic heterocycles. The molecular weight excluding hydrogens is 366 g/mol. The van der Waals surface area contributed by atoms with Crippen LogP contribution in [-0.4, -0.2) is 27.5 Å². The van der Waals surface area contributed by atoms with Crippen LogP contribution in [0.1, 0.15) is 39.4 Å². The molecule has 0 aliphatic heterocycles. The third-order valence-electron chi connectivity index (χ3n) is 3.92. The highest BCUT2D eigenvalue weighted by atomic mass is 32.1. The number of benzene rings is 1. The number of aryl methyl sites for hydroxylation is 2. The van der Waals surface area contributed by atoms with Gasteiger partial charge < -0.3 is 14.6 Å². The molecule has 0 atom stereocenters. The molecule has 0 unspecified atom stereocenters. The summed E-state index contributed by atoms with van der Waals surface area (Å²) in [7, 11) is 1.62. The Morgan fingerprint density at radius 3 is 2.74 bits per heavy atom. The van der Waals surface area contributed by atoms with E-state index in [1.54, 1.807) is 52.1 Å². The number of anilines is 1. The van der Waals surface area contributed by atoms with E-state index in [0.29, 0.717) is 31.9 Å². The molecule has 140 valence electrons. The van der Waals surface area contributed by atoms with Gasteiger partial charge in [-0.05, 0) is 44.5 Å². The van der Waals surface area contributed by atoms with Crippen LogP contribution in [0.5, 0.6) is 0 Å². The quantitative estimate of drug-likeness (QED) is 0.697. The molecule has 7 nitrogen and oxygen atoms in total. The van der Waals surface area contributed by atoms with Crippen molar-refractivity contribution < 1.29 is 14.3 Å². The van der Waals surface area contributed by atoms with Gasteiger partial charge in [0.1, 0.15) is 4.83 Å². The number of thiophene rings is 1. The SMILES string of the molecule is Cc1c(C(=O)Nc2cccc(C(=O)OC(C)C)c2)sc2ncn(C)c(=O)c12. The number of fused-ring (bicyclic) bond motifs is 1. The van der Waals surface area contributed by atoms with E-state index in [9.17, 15) is 14.4 Å². The second kappa shape index (κ2) is 7.32. The number of esters is 1. The summed E-state index contributed by atoms with van der Waals surface area (Å²) in [4.78, 5) is 42.2. The van der Waals surface area contributed by atoms with Gasteiger partial charge in [0, 0.05) is 12.7 Å². The molecule has 0 radical (unpaired) electrons. The Morgan fingerprint density at radius 1 is 1.30 bits per heavy atom. The molecule has 0 spiro atoms. The van der Waals surface area contributed by atoms with E-state index in [1.807, 2.05) is 0 Å². The standard InChI is InChI=1S/C19H19N3O4S/c1-10(2)26-19(25)12-6-5-7-13(8-12)21-16(23)15-11(3)14-17(27-15)20-9-22(4)18(14)24/h5-10H,1-4H3,(H,21,23).